The van der Waals surface area contributed by atoms with Crippen molar-refractivity contribution in [2.45, 2.75) is 19.4 Å². The summed E-state index contributed by atoms with van der Waals surface area (Å²) in [5.41, 5.74) is 1.78. The van der Waals surface area contributed by atoms with Crippen LogP contribution in [0.5, 0.6) is 5.75 Å². The molecule has 0 unspecified atom stereocenters. The zero-order valence-corrected chi connectivity index (χ0v) is 13.7. The van der Waals surface area contributed by atoms with E-state index in [0.717, 1.165) is 16.2 Å². The normalized spacial score (nSPS) is 13.9. The fourth-order valence-electron chi connectivity index (χ4n) is 2.36. The van der Waals surface area contributed by atoms with Crippen LogP contribution in [0.25, 0.3) is 0 Å². The van der Waals surface area contributed by atoms with Crippen LogP contribution in [-0.4, -0.2) is 21.8 Å². The fourth-order valence-corrected chi connectivity index (χ4v) is 2.68. The van der Waals surface area contributed by atoms with Crippen molar-refractivity contribution in [2.24, 2.45) is 0 Å². The van der Waals surface area contributed by atoms with E-state index < -0.39 is 0 Å². The van der Waals surface area contributed by atoms with E-state index in [4.69, 9.17) is 17.0 Å². The Bertz CT molecular complexity index is 744. The number of likely N-dealkylation sites (tertiary alicyclic amines) is 1. The molecule has 0 bridgehead atoms. The maximum atomic E-state index is 11.6. The smallest absolute Gasteiger partial charge is 0.236 e. The maximum Gasteiger partial charge on any atom is 0.236 e. The van der Waals surface area contributed by atoms with Gasteiger partial charge >= 0.3 is 0 Å². The number of amides is 2. The number of ether oxygens (including phenoxy) is 1. The number of nitrogens with zero attached hydrogens (tertiary/aromatic N) is 1. The SMILES string of the molecule is O=C1CCC(=O)N1C(=S)Nc1ccc(OCc2ccccc2)cc1. The molecule has 0 aliphatic carbocycles. The van der Waals surface area contributed by atoms with Crippen molar-refractivity contribution in [1.29, 1.82) is 0 Å². The summed E-state index contributed by atoms with van der Waals surface area (Å²) in [5.74, 6) is 0.198. The van der Waals surface area contributed by atoms with Crippen LogP contribution in [0, 0.1) is 0 Å². The molecular formula is C18H16N2O3S. The maximum absolute atomic E-state index is 11.6. The molecule has 0 saturated carbocycles. The second-order valence-corrected chi connectivity index (χ2v) is 5.74. The van der Waals surface area contributed by atoms with Gasteiger partial charge < -0.3 is 10.1 Å². The Balaban J connectivity index is 1.57. The first-order valence-corrected chi connectivity index (χ1v) is 7.98. The number of hydrogen-bond donors (Lipinski definition) is 1. The van der Waals surface area contributed by atoms with E-state index in [0.29, 0.717) is 12.3 Å². The molecule has 2 aromatic rings. The number of benzene rings is 2. The van der Waals surface area contributed by atoms with Crippen LogP contribution in [0.4, 0.5) is 5.69 Å². The van der Waals surface area contributed by atoms with Crippen molar-refractivity contribution in [3.8, 4) is 5.75 Å². The zero-order valence-electron chi connectivity index (χ0n) is 12.9. The molecule has 1 heterocycles. The number of hydrogen-bond acceptors (Lipinski definition) is 4. The molecule has 0 atom stereocenters. The fraction of sp³-hybridized carbons (Fsp3) is 0.167. The Hall–Kier alpha value is -2.73. The van der Waals surface area contributed by atoms with Crippen LogP contribution < -0.4 is 10.1 Å². The Morgan fingerprint density at radius 2 is 1.62 bits per heavy atom. The molecule has 0 radical (unpaired) electrons. The van der Waals surface area contributed by atoms with Crippen LogP contribution in [0.1, 0.15) is 18.4 Å². The molecule has 0 aromatic heterocycles. The van der Waals surface area contributed by atoms with Crippen molar-refractivity contribution in [1.82, 2.24) is 4.90 Å². The summed E-state index contributed by atoms with van der Waals surface area (Å²) >= 11 is 5.14. The summed E-state index contributed by atoms with van der Waals surface area (Å²) in [6.45, 7) is 0.489. The second kappa shape index (κ2) is 7.23. The highest BCUT2D eigenvalue weighted by molar-refractivity contribution is 7.80. The first-order valence-electron chi connectivity index (χ1n) is 7.57. The lowest BCUT2D eigenvalue weighted by molar-refractivity contribution is -0.133. The summed E-state index contributed by atoms with van der Waals surface area (Å²) in [7, 11) is 0. The molecule has 1 N–H and O–H groups in total. The van der Waals surface area contributed by atoms with Crippen molar-refractivity contribution >= 4 is 34.8 Å². The third kappa shape index (κ3) is 3.78. The highest BCUT2D eigenvalue weighted by Gasteiger charge is 2.32. The highest BCUT2D eigenvalue weighted by Crippen LogP contribution is 2.19. The monoisotopic (exact) mass is 340 g/mol. The predicted octanol–water partition coefficient (Wildman–Crippen LogP) is 3.11. The molecule has 2 amide bonds. The minimum absolute atomic E-state index is 0.112. The van der Waals surface area contributed by atoms with Gasteiger partial charge in [0.15, 0.2) is 5.11 Å². The lowest BCUT2D eigenvalue weighted by Crippen LogP contribution is -2.38. The summed E-state index contributed by atoms with van der Waals surface area (Å²) in [6.07, 6.45) is 0.430. The molecule has 0 spiro atoms. The lowest BCUT2D eigenvalue weighted by Gasteiger charge is -2.16. The largest absolute Gasteiger partial charge is 0.489 e. The average molecular weight is 340 g/mol. The van der Waals surface area contributed by atoms with Gasteiger partial charge in [0.25, 0.3) is 0 Å². The summed E-state index contributed by atoms with van der Waals surface area (Å²) < 4.78 is 5.71. The van der Waals surface area contributed by atoms with E-state index in [9.17, 15) is 9.59 Å². The van der Waals surface area contributed by atoms with Gasteiger partial charge in [0, 0.05) is 18.5 Å². The molecule has 1 aliphatic heterocycles. The van der Waals surface area contributed by atoms with Crippen LogP contribution in [0.15, 0.2) is 54.6 Å². The third-order valence-electron chi connectivity index (χ3n) is 3.61. The third-order valence-corrected chi connectivity index (χ3v) is 3.89. The van der Waals surface area contributed by atoms with Crippen LogP contribution in [0.3, 0.4) is 0 Å². The zero-order chi connectivity index (χ0) is 16.9. The summed E-state index contributed by atoms with van der Waals surface area (Å²) in [4.78, 5) is 24.3. The van der Waals surface area contributed by atoms with Crippen molar-refractivity contribution in [3.63, 3.8) is 0 Å². The van der Waals surface area contributed by atoms with Gasteiger partial charge in [-0.3, -0.25) is 9.59 Å². The van der Waals surface area contributed by atoms with E-state index in [2.05, 4.69) is 5.32 Å². The first-order chi connectivity index (χ1) is 11.6. The lowest BCUT2D eigenvalue weighted by atomic mass is 10.2. The molecule has 1 fully saturated rings. The number of thiocarbonyl (C=S) groups is 1. The average Bonchev–Trinajstić information content (AvgIpc) is 2.94. The quantitative estimate of drug-likeness (QED) is 0.684. The molecule has 1 saturated heterocycles. The number of nitrogens with one attached hydrogen (secondary N) is 1. The Morgan fingerprint density at radius 1 is 1.00 bits per heavy atom. The second-order valence-electron chi connectivity index (χ2n) is 5.35. The Morgan fingerprint density at radius 3 is 2.25 bits per heavy atom. The predicted molar refractivity (Wildman–Crippen MR) is 94.5 cm³/mol. The van der Waals surface area contributed by atoms with Crippen LogP contribution in [-0.2, 0) is 16.2 Å². The molecule has 24 heavy (non-hydrogen) atoms. The topological polar surface area (TPSA) is 58.6 Å². The van der Waals surface area contributed by atoms with Crippen LogP contribution in [0.2, 0.25) is 0 Å². The molecule has 2 aromatic carbocycles. The van der Waals surface area contributed by atoms with Gasteiger partial charge in [-0.2, -0.15) is 0 Å². The Labute approximate surface area is 145 Å². The van der Waals surface area contributed by atoms with Gasteiger partial charge in [-0.15, -0.1) is 0 Å². The van der Waals surface area contributed by atoms with Gasteiger partial charge in [0.05, 0.1) is 0 Å². The minimum atomic E-state index is -0.264. The van der Waals surface area contributed by atoms with E-state index in [1.165, 1.54) is 0 Å². The van der Waals surface area contributed by atoms with Gasteiger partial charge in [0.1, 0.15) is 12.4 Å². The number of carbonyl (C=O) groups is 2. The van der Waals surface area contributed by atoms with Gasteiger partial charge in [-0.1, -0.05) is 30.3 Å². The molecule has 6 heteroatoms. The first kappa shape index (κ1) is 16.1. The summed E-state index contributed by atoms with van der Waals surface area (Å²) in [5, 5.41) is 3.02. The van der Waals surface area contributed by atoms with E-state index in [1.54, 1.807) is 12.1 Å². The van der Waals surface area contributed by atoms with Gasteiger partial charge in [0.2, 0.25) is 11.8 Å². The van der Waals surface area contributed by atoms with E-state index in [-0.39, 0.29) is 29.8 Å². The van der Waals surface area contributed by atoms with Crippen molar-refractivity contribution in [3.05, 3.63) is 60.2 Å². The van der Waals surface area contributed by atoms with Gasteiger partial charge in [-0.05, 0) is 42.0 Å². The molecule has 1 aliphatic rings. The number of carbonyl (C=O) groups excluding carboxylic acids is 2. The number of rotatable bonds is 4. The Kier molecular flexibility index (Phi) is 4.86. The van der Waals surface area contributed by atoms with E-state index >= 15 is 0 Å². The van der Waals surface area contributed by atoms with Crippen molar-refractivity contribution < 1.29 is 14.3 Å². The highest BCUT2D eigenvalue weighted by atomic mass is 32.1. The van der Waals surface area contributed by atoms with Crippen LogP contribution >= 0.6 is 12.2 Å². The standard InChI is InChI=1S/C18H16N2O3S/c21-16-10-11-17(22)20(16)18(24)19-14-6-8-15(9-7-14)23-12-13-4-2-1-3-5-13/h1-9H,10-12H2,(H,19,24). The number of imide groups is 1. The summed E-state index contributed by atoms with van der Waals surface area (Å²) in [6, 6.07) is 17.1. The number of anilines is 1. The van der Waals surface area contributed by atoms with E-state index in [1.807, 2.05) is 42.5 Å². The molecule has 5 nitrogen and oxygen atoms in total. The minimum Gasteiger partial charge on any atom is -0.489 e. The van der Waals surface area contributed by atoms with Gasteiger partial charge in [-0.25, -0.2) is 4.90 Å². The molecule has 122 valence electrons. The molecule has 3 rings (SSSR count). The van der Waals surface area contributed by atoms with Crippen molar-refractivity contribution in [2.75, 3.05) is 5.32 Å². The molecular weight excluding hydrogens is 324 g/mol.